The molecule has 0 saturated carbocycles. The number of fused-ring (bicyclic) bond motifs is 1. The normalized spacial score (nSPS) is 11.6. The zero-order chi connectivity index (χ0) is 14.2. The largest absolute Gasteiger partial charge is 0.416 e. The van der Waals surface area contributed by atoms with Crippen LogP contribution >= 0.6 is 0 Å². The fourth-order valence-corrected chi connectivity index (χ4v) is 1.78. The van der Waals surface area contributed by atoms with Gasteiger partial charge in [-0.2, -0.15) is 13.2 Å². The summed E-state index contributed by atoms with van der Waals surface area (Å²) in [4.78, 5) is 15.3. The van der Waals surface area contributed by atoms with E-state index in [-0.39, 0.29) is 5.69 Å². The molecule has 100 valence electrons. The number of benzene rings is 1. The van der Waals surface area contributed by atoms with Crippen molar-refractivity contribution in [1.82, 2.24) is 4.98 Å². The van der Waals surface area contributed by atoms with E-state index < -0.39 is 17.6 Å². The maximum atomic E-state index is 12.8. The Labute approximate surface area is 107 Å². The molecule has 0 atom stereocenters. The number of aryl methyl sites for hydroxylation is 1. The molecule has 0 aliphatic heterocycles. The van der Waals surface area contributed by atoms with Gasteiger partial charge in [0, 0.05) is 18.0 Å². The number of halogens is 3. The van der Waals surface area contributed by atoms with Gasteiger partial charge in [0.15, 0.2) is 0 Å². The summed E-state index contributed by atoms with van der Waals surface area (Å²) in [6.45, 7) is 2.97. The number of amides is 1. The van der Waals surface area contributed by atoms with Crippen molar-refractivity contribution in [2.45, 2.75) is 20.0 Å². The molecule has 0 bridgehead atoms. The molecule has 2 rings (SSSR count). The van der Waals surface area contributed by atoms with Gasteiger partial charge in [-0.3, -0.25) is 9.78 Å². The second-order valence-electron chi connectivity index (χ2n) is 4.23. The number of carbonyl (C=O) groups excluding carboxylic acids is 1. The van der Waals surface area contributed by atoms with Crippen LogP contribution in [-0.4, -0.2) is 10.9 Å². The molecular weight excluding hydrogens is 257 g/mol. The lowest BCUT2D eigenvalue weighted by molar-refractivity contribution is -0.137. The van der Waals surface area contributed by atoms with Gasteiger partial charge >= 0.3 is 6.18 Å². The first-order valence-electron chi connectivity index (χ1n) is 5.53. The fourth-order valence-electron chi connectivity index (χ4n) is 1.78. The van der Waals surface area contributed by atoms with Crippen LogP contribution in [-0.2, 0) is 11.0 Å². The van der Waals surface area contributed by atoms with Crippen molar-refractivity contribution in [3.8, 4) is 0 Å². The highest BCUT2D eigenvalue weighted by atomic mass is 19.4. The fraction of sp³-hybridized carbons (Fsp3) is 0.231. The molecule has 0 fully saturated rings. The Morgan fingerprint density at radius 2 is 1.95 bits per heavy atom. The molecule has 2 aromatic rings. The Hall–Kier alpha value is -2.11. The number of nitrogens with one attached hydrogen (secondary N) is 1. The van der Waals surface area contributed by atoms with Crippen molar-refractivity contribution < 1.29 is 18.0 Å². The topological polar surface area (TPSA) is 42.0 Å². The highest BCUT2D eigenvalue weighted by molar-refractivity contribution is 5.99. The minimum absolute atomic E-state index is 0.0704. The molecule has 0 radical (unpaired) electrons. The molecule has 0 aliphatic carbocycles. The summed E-state index contributed by atoms with van der Waals surface area (Å²) < 4.78 is 38.3. The van der Waals surface area contributed by atoms with Crippen molar-refractivity contribution >= 4 is 22.5 Å². The highest BCUT2D eigenvalue weighted by Crippen LogP contribution is 2.34. The zero-order valence-corrected chi connectivity index (χ0v) is 10.3. The average Bonchev–Trinajstić information content (AvgIpc) is 2.27. The van der Waals surface area contributed by atoms with Crippen molar-refractivity contribution in [2.24, 2.45) is 0 Å². The van der Waals surface area contributed by atoms with E-state index in [1.807, 2.05) is 0 Å². The van der Waals surface area contributed by atoms with Gasteiger partial charge < -0.3 is 5.32 Å². The molecule has 0 unspecified atom stereocenters. The Kier molecular flexibility index (Phi) is 3.18. The predicted molar refractivity (Wildman–Crippen MR) is 65.8 cm³/mol. The Morgan fingerprint density at radius 3 is 2.53 bits per heavy atom. The van der Waals surface area contributed by atoms with Crippen LogP contribution in [0.4, 0.5) is 18.9 Å². The minimum Gasteiger partial charge on any atom is -0.324 e. The lowest BCUT2D eigenvalue weighted by Gasteiger charge is -2.12. The number of pyridine rings is 1. The second kappa shape index (κ2) is 4.53. The van der Waals surface area contributed by atoms with Gasteiger partial charge in [-0.1, -0.05) is 6.07 Å². The number of aromatic nitrogens is 1. The number of anilines is 1. The maximum absolute atomic E-state index is 12.8. The molecule has 6 heteroatoms. The molecule has 1 N–H and O–H groups in total. The van der Waals surface area contributed by atoms with Crippen LogP contribution in [0.5, 0.6) is 0 Å². The summed E-state index contributed by atoms with van der Waals surface area (Å²) >= 11 is 0. The van der Waals surface area contributed by atoms with E-state index in [4.69, 9.17) is 0 Å². The van der Waals surface area contributed by atoms with Gasteiger partial charge in [0.05, 0.1) is 16.8 Å². The summed E-state index contributed by atoms with van der Waals surface area (Å²) in [6, 6.07) is 5.10. The minimum atomic E-state index is -4.47. The molecular formula is C13H11F3N2O. The maximum Gasteiger partial charge on any atom is 0.416 e. The van der Waals surface area contributed by atoms with Crippen LogP contribution in [0.2, 0.25) is 0 Å². The lowest BCUT2D eigenvalue weighted by atomic mass is 10.1. The molecule has 0 saturated heterocycles. The molecule has 0 spiro atoms. The summed E-state index contributed by atoms with van der Waals surface area (Å²) in [5.41, 5.74) is 0.275. The van der Waals surface area contributed by atoms with Crippen molar-refractivity contribution in [1.29, 1.82) is 0 Å². The number of hydrogen-bond acceptors (Lipinski definition) is 2. The van der Waals surface area contributed by atoms with Gasteiger partial charge in [-0.25, -0.2) is 0 Å². The molecule has 1 heterocycles. The highest BCUT2D eigenvalue weighted by Gasteiger charge is 2.31. The molecule has 1 amide bonds. The van der Waals surface area contributed by atoms with E-state index in [1.54, 1.807) is 19.1 Å². The molecule has 3 nitrogen and oxygen atoms in total. The second-order valence-corrected chi connectivity index (χ2v) is 4.23. The molecule has 0 aliphatic rings. The monoisotopic (exact) mass is 268 g/mol. The number of carbonyl (C=O) groups is 1. The van der Waals surface area contributed by atoms with E-state index in [2.05, 4.69) is 10.3 Å². The van der Waals surface area contributed by atoms with Crippen LogP contribution in [0.25, 0.3) is 10.9 Å². The van der Waals surface area contributed by atoms with Gasteiger partial charge in [-0.05, 0) is 25.1 Å². The summed E-state index contributed by atoms with van der Waals surface area (Å²) in [6.07, 6.45) is -4.47. The van der Waals surface area contributed by atoms with Gasteiger partial charge in [0.1, 0.15) is 0 Å². The number of nitrogens with zero attached hydrogens (tertiary/aromatic N) is 1. The quantitative estimate of drug-likeness (QED) is 0.859. The van der Waals surface area contributed by atoms with Crippen LogP contribution in [0.1, 0.15) is 18.2 Å². The van der Waals surface area contributed by atoms with Crippen LogP contribution in [0, 0.1) is 6.92 Å². The first-order chi connectivity index (χ1) is 8.77. The van der Waals surface area contributed by atoms with Crippen LogP contribution in [0.3, 0.4) is 0 Å². The van der Waals surface area contributed by atoms with E-state index in [0.29, 0.717) is 16.6 Å². The standard InChI is InChI=1S/C13H11F3N2O/c1-7-3-4-9-5-10(13(14,15)16)6-11(12(9)17-7)18-8(2)19/h3-6H,1-2H3,(H,18,19). The van der Waals surface area contributed by atoms with Gasteiger partial charge in [-0.15, -0.1) is 0 Å². The Morgan fingerprint density at radius 1 is 1.26 bits per heavy atom. The third kappa shape index (κ3) is 2.83. The van der Waals surface area contributed by atoms with Crippen LogP contribution < -0.4 is 5.32 Å². The first kappa shape index (κ1) is 13.3. The third-order valence-electron chi connectivity index (χ3n) is 2.57. The predicted octanol–water partition coefficient (Wildman–Crippen LogP) is 3.52. The first-order valence-corrected chi connectivity index (χ1v) is 5.53. The van der Waals surface area contributed by atoms with Crippen LogP contribution in [0.15, 0.2) is 24.3 Å². The van der Waals surface area contributed by atoms with Gasteiger partial charge in [0.25, 0.3) is 0 Å². The summed E-state index contributed by atoms with van der Waals surface area (Å²) in [7, 11) is 0. The van der Waals surface area contributed by atoms with E-state index >= 15 is 0 Å². The SMILES string of the molecule is CC(=O)Nc1cc(C(F)(F)F)cc2ccc(C)nc12. The average molecular weight is 268 g/mol. The van der Waals surface area contributed by atoms with E-state index in [1.165, 1.54) is 6.92 Å². The van der Waals surface area contributed by atoms with Crippen molar-refractivity contribution in [3.63, 3.8) is 0 Å². The number of hydrogen-bond donors (Lipinski definition) is 1. The van der Waals surface area contributed by atoms with Crippen molar-refractivity contribution in [2.75, 3.05) is 5.32 Å². The van der Waals surface area contributed by atoms with E-state index in [0.717, 1.165) is 12.1 Å². The summed E-state index contributed by atoms with van der Waals surface area (Å²) in [5, 5.41) is 2.72. The summed E-state index contributed by atoms with van der Waals surface area (Å²) in [5.74, 6) is -0.441. The molecule has 1 aromatic carbocycles. The molecule has 19 heavy (non-hydrogen) atoms. The van der Waals surface area contributed by atoms with Gasteiger partial charge in [0.2, 0.25) is 5.91 Å². The van der Waals surface area contributed by atoms with E-state index in [9.17, 15) is 18.0 Å². The zero-order valence-electron chi connectivity index (χ0n) is 10.3. The Bertz CT molecular complexity index is 650. The van der Waals surface area contributed by atoms with Crippen molar-refractivity contribution in [3.05, 3.63) is 35.5 Å². The number of rotatable bonds is 1. The smallest absolute Gasteiger partial charge is 0.324 e. The molecule has 1 aromatic heterocycles. The Balaban J connectivity index is 2.72. The third-order valence-corrected chi connectivity index (χ3v) is 2.57. The number of alkyl halides is 3. The lowest BCUT2D eigenvalue weighted by Crippen LogP contribution is -2.10.